The average molecular weight is 506 g/mol. The van der Waals surface area contributed by atoms with Crippen molar-refractivity contribution in [3.8, 4) is 0 Å². The van der Waals surface area contributed by atoms with E-state index in [0.717, 1.165) is 17.0 Å². The van der Waals surface area contributed by atoms with E-state index in [2.05, 4.69) is 15.3 Å². The summed E-state index contributed by atoms with van der Waals surface area (Å²) in [4.78, 5) is 30.4. The molecule has 188 valence electrons. The van der Waals surface area contributed by atoms with Crippen LogP contribution in [0.5, 0.6) is 0 Å². The predicted molar refractivity (Wildman–Crippen MR) is 115 cm³/mol. The van der Waals surface area contributed by atoms with Gasteiger partial charge in [-0.05, 0) is 26.0 Å². The number of imidazole rings is 1. The minimum atomic E-state index is -5.08. The summed E-state index contributed by atoms with van der Waals surface area (Å²) < 4.78 is 58.6. The number of aromatic amines is 1. The fraction of sp³-hybridized carbons (Fsp3) is 0.450. The molecule has 1 amide bonds. The maximum absolute atomic E-state index is 12.7. The second-order valence-electron chi connectivity index (χ2n) is 7.55. The van der Waals surface area contributed by atoms with Crippen LogP contribution in [0.25, 0.3) is 0 Å². The van der Waals surface area contributed by atoms with Crippen LogP contribution in [-0.4, -0.2) is 83.5 Å². The number of benzene rings is 1. The fourth-order valence-corrected chi connectivity index (χ4v) is 4.42. The molecule has 1 saturated heterocycles. The molecule has 34 heavy (non-hydrogen) atoms. The van der Waals surface area contributed by atoms with Gasteiger partial charge in [-0.3, -0.25) is 9.69 Å². The molecule has 0 bridgehead atoms. The Kier molecular flexibility index (Phi) is 9.18. The summed E-state index contributed by atoms with van der Waals surface area (Å²) in [5.74, 6) is -2.85. The second kappa shape index (κ2) is 11.4. The van der Waals surface area contributed by atoms with E-state index in [1.807, 2.05) is 18.7 Å². The van der Waals surface area contributed by atoms with Gasteiger partial charge in [-0.2, -0.15) is 17.5 Å². The molecule has 0 radical (unpaired) electrons. The molecule has 1 aromatic heterocycles. The van der Waals surface area contributed by atoms with Crippen LogP contribution in [0.3, 0.4) is 0 Å². The Labute approximate surface area is 194 Å². The number of hydrogen-bond acceptors (Lipinski definition) is 6. The molecule has 1 aliphatic heterocycles. The highest BCUT2D eigenvalue weighted by atomic mass is 32.2. The van der Waals surface area contributed by atoms with Gasteiger partial charge in [0, 0.05) is 31.9 Å². The highest BCUT2D eigenvalue weighted by Gasteiger charge is 2.38. The number of aliphatic carboxylic acids is 1. The Balaban J connectivity index is 0.000000509. The summed E-state index contributed by atoms with van der Waals surface area (Å²) in [6.07, 6.45) is -3.48. The number of H-pyrrole nitrogens is 1. The zero-order valence-corrected chi connectivity index (χ0v) is 19.4. The first kappa shape index (κ1) is 27.3. The fourth-order valence-electron chi connectivity index (χ4n) is 2.99. The van der Waals surface area contributed by atoms with E-state index in [-0.39, 0.29) is 12.5 Å². The highest BCUT2D eigenvalue weighted by Crippen LogP contribution is 2.18. The number of rotatable bonds is 6. The van der Waals surface area contributed by atoms with Crippen LogP contribution in [0.2, 0.25) is 0 Å². The molecule has 0 saturated carbocycles. The molecule has 1 fully saturated rings. The van der Waals surface area contributed by atoms with Gasteiger partial charge in [0.15, 0.2) is 0 Å². The second-order valence-corrected chi connectivity index (χ2v) is 9.49. The van der Waals surface area contributed by atoms with Crippen molar-refractivity contribution in [2.45, 2.75) is 31.5 Å². The van der Waals surface area contributed by atoms with Crippen molar-refractivity contribution in [3.63, 3.8) is 0 Å². The van der Waals surface area contributed by atoms with Crippen LogP contribution in [-0.2, 0) is 26.2 Å². The normalized spacial score (nSPS) is 15.3. The van der Waals surface area contributed by atoms with Crippen molar-refractivity contribution in [1.82, 2.24) is 24.5 Å². The number of nitrogens with one attached hydrogen (secondary N) is 2. The van der Waals surface area contributed by atoms with Crippen molar-refractivity contribution < 1.29 is 36.3 Å². The zero-order chi connectivity index (χ0) is 25.5. The molecule has 0 aliphatic carbocycles. The third-order valence-corrected chi connectivity index (χ3v) is 6.90. The standard InChI is InChI=1S/C18H25N5O3S.C2HF3O2/c1-14-3-5-16(6-4-14)27(25,26)23-9-7-22(8-10-23)12-18(24)19-11-17-15(2)20-13-21-17;3-2(4,5)1(6)7/h3-6,13H,7-12H2,1-2H3,(H,19,24)(H,20,21);(H,6,7). The van der Waals surface area contributed by atoms with Gasteiger partial charge in [-0.1, -0.05) is 17.7 Å². The number of piperazine rings is 1. The monoisotopic (exact) mass is 505 g/mol. The van der Waals surface area contributed by atoms with Crippen LogP contribution >= 0.6 is 0 Å². The molecule has 1 aromatic carbocycles. The molecule has 3 N–H and O–H groups in total. The van der Waals surface area contributed by atoms with Crippen molar-refractivity contribution in [2.75, 3.05) is 32.7 Å². The number of nitrogens with zero attached hydrogens (tertiary/aromatic N) is 3. The molecule has 14 heteroatoms. The maximum Gasteiger partial charge on any atom is 0.490 e. The van der Waals surface area contributed by atoms with E-state index in [9.17, 15) is 26.4 Å². The number of aromatic nitrogens is 2. The first-order valence-electron chi connectivity index (χ1n) is 10.2. The molecule has 1 aliphatic rings. The van der Waals surface area contributed by atoms with Crippen LogP contribution in [0, 0.1) is 13.8 Å². The lowest BCUT2D eigenvalue weighted by Crippen LogP contribution is -2.51. The largest absolute Gasteiger partial charge is 0.490 e. The SMILES string of the molecule is Cc1ccc(S(=O)(=O)N2CCN(CC(=O)NCc3nc[nH]c3C)CC2)cc1.O=C(O)C(F)(F)F. The topological polar surface area (TPSA) is 136 Å². The summed E-state index contributed by atoms with van der Waals surface area (Å²) in [5.41, 5.74) is 2.78. The molecule has 2 heterocycles. The average Bonchev–Trinajstić information content (AvgIpc) is 3.17. The summed E-state index contributed by atoms with van der Waals surface area (Å²) in [6.45, 7) is 6.28. The number of hydrogen-bond donors (Lipinski definition) is 3. The van der Waals surface area contributed by atoms with Gasteiger partial charge >= 0.3 is 12.1 Å². The van der Waals surface area contributed by atoms with Crippen LogP contribution in [0.1, 0.15) is 17.0 Å². The summed E-state index contributed by atoms with van der Waals surface area (Å²) in [5, 5.41) is 9.98. The van der Waals surface area contributed by atoms with E-state index in [1.165, 1.54) is 4.31 Å². The van der Waals surface area contributed by atoms with E-state index >= 15 is 0 Å². The summed E-state index contributed by atoms with van der Waals surface area (Å²) in [7, 11) is -3.48. The Bertz CT molecular complexity index is 1080. The lowest BCUT2D eigenvalue weighted by molar-refractivity contribution is -0.192. The number of sulfonamides is 1. The quantitative estimate of drug-likeness (QED) is 0.538. The van der Waals surface area contributed by atoms with Crippen LogP contribution in [0.4, 0.5) is 13.2 Å². The molecular formula is C20H26F3N5O5S. The van der Waals surface area contributed by atoms with Gasteiger partial charge in [0.2, 0.25) is 15.9 Å². The Morgan fingerprint density at radius 3 is 2.15 bits per heavy atom. The first-order chi connectivity index (χ1) is 15.8. The smallest absolute Gasteiger partial charge is 0.475 e. The van der Waals surface area contributed by atoms with E-state index in [1.54, 1.807) is 30.6 Å². The van der Waals surface area contributed by atoms with Crippen LogP contribution < -0.4 is 5.32 Å². The number of carboxylic acid groups (broad SMARTS) is 1. The minimum absolute atomic E-state index is 0.0905. The third kappa shape index (κ3) is 7.81. The highest BCUT2D eigenvalue weighted by molar-refractivity contribution is 7.89. The molecule has 0 unspecified atom stereocenters. The van der Waals surface area contributed by atoms with Gasteiger partial charge < -0.3 is 15.4 Å². The van der Waals surface area contributed by atoms with Gasteiger partial charge in [-0.15, -0.1) is 0 Å². The van der Waals surface area contributed by atoms with E-state index in [4.69, 9.17) is 9.90 Å². The Morgan fingerprint density at radius 2 is 1.68 bits per heavy atom. The first-order valence-corrected chi connectivity index (χ1v) is 11.6. The van der Waals surface area contributed by atoms with Gasteiger partial charge in [-0.25, -0.2) is 18.2 Å². The Morgan fingerprint density at radius 1 is 1.12 bits per heavy atom. The lowest BCUT2D eigenvalue weighted by Gasteiger charge is -2.33. The zero-order valence-electron chi connectivity index (χ0n) is 18.6. The predicted octanol–water partition coefficient (Wildman–Crippen LogP) is 1.28. The number of amides is 1. The van der Waals surface area contributed by atoms with Crippen molar-refractivity contribution in [3.05, 3.63) is 47.5 Å². The summed E-state index contributed by atoms with van der Waals surface area (Å²) in [6, 6.07) is 6.88. The van der Waals surface area contributed by atoms with Crippen molar-refractivity contribution in [2.24, 2.45) is 0 Å². The minimum Gasteiger partial charge on any atom is -0.475 e. The number of carbonyl (C=O) groups is 2. The lowest BCUT2D eigenvalue weighted by atomic mass is 10.2. The van der Waals surface area contributed by atoms with Gasteiger partial charge in [0.1, 0.15) is 0 Å². The number of carbonyl (C=O) groups excluding carboxylic acids is 1. The van der Waals surface area contributed by atoms with Crippen LogP contribution in [0.15, 0.2) is 35.5 Å². The van der Waals surface area contributed by atoms with Crippen molar-refractivity contribution in [1.29, 1.82) is 0 Å². The maximum atomic E-state index is 12.7. The summed E-state index contributed by atoms with van der Waals surface area (Å²) >= 11 is 0. The number of carboxylic acids is 1. The molecule has 0 atom stereocenters. The Hall–Kier alpha value is -2.97. The van der Waals surface area contributed by atoms with Gasteiger partial charge in [0.05, 0.1) is 30.0 Å². The number of alkyl halides is 3. The molecule has 3 rings (SSSR count). The third-order valence-electron chi connectivity index (χ3n) is 4.99. The molecule has 10 nitrogen and oxygen atoms in total. The van der Waals surface area contributed by atoms with E-state index in [0.29, 0.717) is 37.6 Å². The number of aryl methyl sites for hydroxylation is 2. The van der Waals surface area contributed by atoms with E-state index < -0.39 is 22.2 Å². The number of halogens is 3. The molecule has 2 aromatic rings. The molecular weight excluding hydrogens is 479 g/mol. The molecule has 0 spiro atoms. The van der Waals surface area contributed by atoms with Crippen molar-refractivity contribution >= 4 is 21.9 Å². The van der Waals surface area contributed by atoms with Gasteiger partial charge in [0.25, 0.3) is 0 Å².